The van der Waals surface area contributed by atoms with E-state index in [1.165, 1.54) is 0 Å². The molecule has 0 saturated carbocycles. The van der Waals surface area contributed by atoms with Crippen molar-refractivity contribution in [1.29, 1.82) is 0 Å². The number of aromatic nitrogens is 1. The standard InChI is InChI=1S/C14H22N4OS.ClH/c1-10-13(16-11(2)20-10)14(19)18-6-3-12(9-18)17-7-4-15-5-8-17;/h12,15H,3-9H2,1-2H3;1H. The molecule has 1 aromatic heterocycles. The highest BCUT2D eigenvalue weighted by Crippen LogP contribution is 2.22. The second-order valence-corrected chi connectivity index (χ2v) is 7.02. The lowest BCUT2D eigenvalue weighted by atomic mass is 10.2. The molecule has 2 fully saturated rings. The van der Waals surface area contributed by atoms with Crippen molar-refractivity contribution in [3.05, 3.63) is 15.6 Å². The molecule has 2 aliphatic heterocycles. The predicted molar refractivity (Wildman–Crippen MR) is 87.6 cm³/mol. The molecule has 5 nitrogen and oxygen atoms in total. The van der Waals surface area contributed by atoms with E-state index >= 15 is 0 Å². The predicted octanol–water partition coefficient (Wildman–Crippen LogP) is 1.30. The van der Waals surface area contributed by atoms with E-state index < -0.39 is 0 Å². The Kier molecular flexibility index (Phi) is 5.60. The number of likely N-dealkylation sites (tertiary alicyclic amines) is 1. The van der Waals surface area contributed by atoms with E-state index in [2.05, 4.69) is 15.2 Å². The molecule has 0 aromatic carbocycles. The first-order valence-electron chi connectivity index (χ1n) is 7.33. The average Bonchev–Trinajstić information content (AvgIpc) is 3.06. The smallest absolute Gasteiger partial charge is 0.273 e. The zero-order valence-electron chi connectivity index (χ0n) is 12.6. The number of hydrogen-bond donors (Lipinski definition) is 1. The fourth-order valence-corrected chi connectivity index (χ4v) is 3.96. The molecule has 0 aliphatic carbocycles. The van der Waals surface area contributed by atoms with Gasteiger partial charge in [-0.15, -0.1) is 23.7 Å². The maximum atomic E-state index is 12.5. The fraction of sp³-hybridized carbons (Fsp3) is 0.714. The Balaban J connectivity index is 0.00000161. The van der Waals surface area contributed by atoms with Gasteiger partial charge in [0.05, 0.1) is 5.01 Å². The number of carbonyl (C=O) groups is 1. The number of amides is 1. The molecular formula is C14H23ClN4OS. The molecule has 0 spiro atoms. The molecule has 1 aromatic rings. The number of thiazole rings is 1. The van der Waals surface area contributed by atoms with Crippen LogP contribution >= 0.6 is 23.7 Å². The molecule has 0 bridgehead atoms. The van der Waals surface area contributed by atoms with Gasteiger partial charge in [0.25, 0.3) is 5.91 Å². The van der Waals surface area contributed by atoms with E-state index in [-0.39, 0.29) is 18.3 Å². The van der Waals surface area contributed by atoms with Crippen molar-refractivity contribution in [2.75, 3.05) is 39.3 Å². The number of halogens is 1. The van der Waals surface area contributed by atoms with E-state index in [1.54, 1.807) is 11.3 Å². The van der Waals surface area contributed by atoms with Gasteiger partial charge < -0.3 is 10.2 Å². The second-order valence-electron chi connectivity index (χ2n) is 5.62. The molecule has 1 N–H and O–H groups in total. The van der Waals surface area contributed by atoms with Crippen molar-refractivity contribution in [3.63, 3.8) is 0 Å². The summed E-state index contributed by atoms with van der Waals surface area (Å²) in [4.78, 5) is 22.5. The first kappa shape index (κ1) is 16.7. The van der Waals surface area contributed by atoms with Crippen molar-refractivity contribution in [3.8, 4) is 0 Å². The van der Waals surface area contributed by atoms with Gasteiger partial charge in [0, 0.05) is 50.2 Å². The Morgan fingerprint density at radius 2 is 2.00 bits per heavy atom. The minimum Gasteiger partial charge on any atom is -0.336 e. The van der Waals surface area contributed by atoms with Crippen LogP contribution in [0.25, 0.3) is 0 Å². The van der Waals surface area contributed by atoms with Gasteiger partial charge in [0.15, 0.2) is 0 Å². The van der Waals surface area contributed by atoms with Crippen LogP contribution < -0.4 is 5.32 Å². The number of carbonyl (C=O) groups excluding carboxylic acids is 1. The Morgan fingerprint density at radius 1 is 1.29 bits per heavy atom. The third-order valence-corrected chi connectivity index (χ3v) is 5.11. The van der Waals surface area contributed by atoms with Crippen LogP contribution in [0.1, 0.15) is 26.8 Å². The van der Waals surface area contributed by atoms with E-state index in [0.717, 1.165) is 55.6 Å². The number of hydrogen-bond acceptors (Lipinski definition) is 5. The van der Waals surface area contributed by atoms with Crippen LogP contribution in [0.4, 0.5) is 0 Å². The number of rotatable bonds is 2. The molecule has 118 valence electrons. The molecule has 1 amide bonds. The van der Waals surface area contributed by atoms with Crippen molar-refractivity contribution >= 4 is 29.7 Å². The van der Waals surface area contributed by atoms with Crippen LogP contribution in [0.5, 0.6) is 0 Å². The van der Waals surface area contributed by atoms with Crippen LogP contribution in [-0.4, -0.2) is 66.0 Å². The first-order valence-corrected chi connectivity index (χ1v) is 8.15. The maximum Gasteiger partial charge on any atom is 0.273 e. The molecule has 2 saturated heterocycles. The zero-order chi connectivity index (χ0) is 14.1. The molecule has 0 radical (unpaired) electrons. The Hall–Kier alpha value is -0.690. The third-order valence-electron chi connectivity index (χ3n) is 4.22. The largest absolute Gasteiger partial charge is 0.336 e. The minimum absolute atomic E-state index is 0. The summed E-state index contributed by atoms with van der Waals surface area (Å²) in [6.45, 7) is 9.99. The lowest BCUT2D eigenvalue weighted by Crippen LogP contribution is -2.49. The van der Waals surface area contributed by atoms with Crippen LogP contribution in [0.2, 0.25) is 0 Å². The summed E-state index contributed by atoms with van der Waals surface area (Å²) in [5.41, 5.74) is 0.661. The van der Waals surface area contributed by atoms with Gasteiger partial charge in [0.1, 0.15) is 5.69 Å². The van der Waals surface area contributed by atoms with E-state index in [4.69, 9.17) is 0 Å². The van der Waals surface area contributed by atoms with Crippen LogP contribution in [0.15, 0.2) is 0 Å². The van der Waals surface area contributed by atoms with Gasteiger partial charge in [-0.2, -0.15) is 0 Å². The number of piperazine rings is 1. The van der Waals surface area contributed by atoms with E-state index in [0.29, 0.717) is 11.7 Å². The summed E-state index contributed by atoms with van der Waals surface area (Å²) in [6, 6.07) is 0.529. The lowest BCUT2D eigenvalue weighted by molar-refractivity contribution is 0.0767. The summed E-state index contributed by atoms with van der Waals surface area (Å²) in [6.07, 6.45) is 1.09. The highest BCUT2D eigenvalue weighted by molar-refractivity contribution is 7.11. The number of aryl methyl sites for hydroxylation is 2. The third kappa shape index (κ3) is 3.56. The Labute approximate surface area is 136 Å². The first-order chi connectivity index (χ1) is 9.65. The van der Waals surface area contributed by atoms with Crippen molar-refractivity contribution < 1.29 is 4.79 Å². The lowest BCUT2D eigenvalue weighted by Gasteiger charge is -2.32. The normalized spacial score (nSPS) is 23.1. The summed E-state index contributed by atoms with van der Waals surface area (Å²) in [5, 5.41) is 4.35. The number of nitrogens with one attached hydrogen (secondary N) is 1. The average molecular weight is 331 g/mol. The highest BCUT2D eigenvalue weighted by Gasteiger charge is 2.32. The van der Waals surface area contributed by atoms with E-state index in [9.17, 15) is 4.79 Å². The molecule has 1 unspecified atom stereocenters. The van der Waals surface area contributed by atoms with Gasteiger partial charge in [0.2, 0.25) is 0 Å². The molecule has 1 atom stereocenters. The molecular weight excluding hydrogens is 308 g/mol. The summed E-state index contributed by atoms with van der Waals surface area (Å²) in [7, 11) is 0. The quantitative estimate of drug-likeness (QED) is 0.888. The number of nitrogens with zero attached hydrogens (tertiary/aromatic N) is 3. The Morgan fingerprint density at radius 3 is 2.62 bits per heavy atom. The maximum absolute atomic E-state index is 12.5. The van der Waals surface area contributed by atoms with Gasteiger partial charge in [-0.3, -0.25) is 9.69 Å². The van der Waals surface area contributed by atoms with Crippen LogP contribution in [0.3, 0.4) is 0 Å². The fourth-order valence-electron chi connectivity index (χ4n) is 3.15. The van der Waals surface area contributed by atoms with Crippen molar-refractivity contribution in [2.45, 2.75) is 26.3 Å². The van der Waals surface area contributed by atoms with Crippen LogP contribution in [-0.2, 0) is 0 Å². The monoisotopic (exact) mass is 330 g/mol. The van der Waals surface area contributed by atoms with Gasteiger partial charge in [-0.25, -0.2) is 4.98 Å². The molecule has 3 rings (SSSR count). The summed E-state index contributed by atoms with van der Waals surface area (Å²) >= 11 is 1.61. The zero-order valence-corrected chi connectivity index (χ0v) is 14.2. The molecule has 2 aliphatic rings. The van der Waals surface area contributed by atoms with Crippen molar-refractivity contribution in [1.82, 2.24) is 20.1 Å². The SMILES string of the molecule is Cc1nc(C(=O)N2CCC(N3CCNCC3)C2)c(C)s1.Cl. The Bertz CT molecular complexity index is 501. The van der Waals surface area contributed by atoms with Crippen molar-refractivity contribution in [2.24, 2.45) is 0 Å². The molecule has 3 heterocycles. The van der Waals surface area contributed by atoms with Gasteiger partial charge >= 0.3 is 0 Å². The second kappa shape index (κ2) is 7.05. The summed E-state index contributed by atoms with van der Waals surface area (Å²) < 4.78 is 0. The highest BCUT2D eigenvalue weighted by atomic mass is 35.5. The molecule has 21 heavy (non-hydrogen) atoms. The van der Waals surface area contributed by atoms with Crippen LogP contribution in [0, 0.1) is 13.8 Å². The topological polar surface area (TPSA) is 48.5 Å². The molecule has 7 heteroatoms. The van der Waals surface area contributed by atoms with Gasteiger partial charge in [-0.05, 0) is 20.3 Å². The minimum atomic E-state index is 0. The van der Waals surface area contributed by atoms with E-state index in [1.807, 2.05) is 18.7 Å². The van der Waals surface area contributed by atoms with Gasteiger partial charge in [-0.1, -0.05) is 0 Å². The summed E-state index contributed by atoms with van der Waals surface area (Å²) in [5.74, 6) is 0.115.